The Morgan fingerprint density at radius 3 is 2.13 bits per heavy atom. The van der Waals surface area contributed by atoms with Crippen molar-refractivity contribution in [1.82, 2.24) is 16.0 Å². The van der Waals surface area contributed by atoms with Crippen LogP contribution in [0.3, 0.4) is 0 Å². The first-order valence-corrected chi connectivity index (χ1v) is 15.4. The number of carbonyl (C=O) groups excluding carboxylic acids is 1. The van der Waals surface area contributed by atoms with Gasteiger partial charge in [0.05, 0.1) is 18.7 Å². The van der Waals surface area contributed by atoms with E-state index in [0.29, 0.717) is 13.0 Å². The second-order valence-corrected chi connectivity index (χ2v) is 12.0. The van der Waals surface area contributed by atoms with Gasteiger partial charge in [0.1, 0.15) is 61.0 Å². The van der Waals surface area contributed by atoms with Gasteiger partial charge in [0.2, 0.25) is 5.72 Å². The lowest BCUT2D eigenvalue weighted by Crippen LogP contribution is -2.71. The van der Waals surface area contributed by atoms with Crippen LogP contribution in [0.2, 0.25) is 0 Å². The van der Waals surface area contributed by atoms with Crippen molar-refractivity contribution in [1.29, 1.82) is 5.41 Å². The Morgan fingerprint density at radius 2 is 1.53 bits per heavy atom. The van der Waals surface area contributed by atoms with E-state index in [1.807, 2.05) is 0 Å². The molecule has 2 saturated heterocycles. The van der Waals surface area contributed by atoms with Crippen LogP contribution in [0, 0.1) is 5.41 Å². The van der Waals surface area contributed by atoms with Crippen LogP contribution in [0.25, 0.3) is 0 Å². The number of amides is 1. The van der Waals surface area contributed by atoms with E-state index in [2.05, 4.69) is 16.0 Å². The molecule has 3 rings (SSSR count). The van der Waals surface area contributed by atoms with Crippen molar-refractivity contribution in [3.05, 3.63) is 0 Å². The highest BCUT2D eigenvalue weighted by molar-refractivity contribution is 5.89. The van der Waals surface area contributed by atoms with Crippen LogP contribution in [0.15, 0.2) is 0 Å². The maximum Gasteiger partial charge on any atom is 0.273 e. The molecule has 0 aromatic heterocycles. The Labute approximate surface area is 270 Å². The molecule has 2 unspecified atom stereocenters. The van der Waals surface area contributed by atoms with Crippen LogP contribution in [-0.4, -0.2) is 182 Å². The lowest BCUT2D eigenvalue weighted by molar-refractivity contribution is -0.333. The van der Waals surface area contributed by atoms with E-state index in [0.717, 1.165) is 0 Å². The highest BCUT2D eigenvalue weighted by Gasteiger charge is 2.53. The summed E-state index contributed by atoms with van der Waals surface area (Å²) in [6, 6.07) is -3.75. The number of aliphatic hydroxyl groups is 9. The summed E-state index contributed by atoms with van der Waals surface area (Å²) in [5, 5.41) is 109. The fourth-order valence-electron chi connectivity index (χ4n) is 5.74. The zero-order valence-corrected chi connectivity index (χ0v) is 25.9. The Balaban J connectivity index is 1.87. The van der Waals surface area contributed by atoms with Gasteiger partial charge in [0.15, 0.2) is 18.5 Å². The van der Waals surface area contributed by atoms with Gasteiger partial charge in [0, 0.05) is 25.6 Å². The largest absolute Gasteiger partial charge is 0.396 e. The summed E-state index contributed by atoms with van der Waals surface area (Å²) >= 11 is 0. The highest BCUT2D eigenvalue weighted by atomic mass is 16.7. The highest BCUT2D eigenvalue weighted by Crippen LogP contribution is 2.32. The Bertz CT molecular complexity index is 1020. The number of aliphatic hydroxyl groups excluding tert-OH is 8. The number of hydrogen-bond donors (Lipinski definition) is 16. The molecule has 2 aliphatic heterocycles. The summed E-state index contributed by atoms with van der Waals surface area (Å²) in [5.74, 6) is -1.80. The number of guanidine groups is 1. The summed E-state index contributed by atoms with van der Waals surface area (Å²) in [5.41, 5.74) is 15.2. The summed E-state index contributed by atoms with van der Waals surface area (Å²) in [6.45, 7) is 0.977. The van der Waals surface area contributed by atoms with Gasteiger partial charge in [-0.25, -0.2) is 0 Å². The molecule has 19 N–H and O–H groups in total. The Hall–Kier alpha value is -1.90. The zero-order valence-electron chi connectivity index (χ0n) is 25.9. The van der Waals surface area contributed by atoms with E-state index in [1.54, 1.807) is 0 Å². The molecule has 1 saturated carbocycles. The van der Waals surface area contributed by atoms with E-state index in [1.165, 1.54) is 6.92 Å². The predicted octanol–water partition coefficient (Wildman–Crippen LogP) is -8.54. The lowest BCUT2D eigenvalue weighted by atomic mass is 9.83. The second-order valence-electron chi connectivity index (χ2n) is 12.0. The monoisotopic (exact) mass is 685 g/mol. The van der Waals surface area contributed by atoms with Crippen molar-refractivity contribution in [2.45, 2.75) is 124 Å². The predicted molar refractivity (Wildman–Crippen MR) is 158 cm³/mol. The SMILES string of the molecule is CCC(O)(NC(=N)N)C(=O)N[C@@H]1C[C@H](N)C(O[C@H]2O[C@H](CNCCCO)[C@@H](O)[C@H](O)[C@H]2O)[C@H](O)[C@H]1O[C@H]1O[C@H](CO)[C@@H](O)[C@H](N)[C@H]1O. The number of rotatable bonds is 14. The third kappa shape index (κ3) is 9.21. The number of ether oxygens (including phenoxy) is 4. The minimum Gasteiger partial charge on any atom is -0.396 e. The first-order chi connectivity index (χ1) is 22.1. The molecule has 0 aromatic rings. The second kappa shape index (κ2) is 17.2. The van der Waals surface area contributed by atoms with Crippen molar-refractivity contribution >= 4 is 11.9 Å². The topological polar surface area (TPSA) is 374 Å². The number of nitrogens with two attached hydrogens (primary N) is 3. The molecule has 47 heavy (non-hydrogen) atoms. The van der Waals surface area contributed by atoms with Gasteiger partial charge in [-0.2, -0.15) is 0 Å². The first kappa shape index (κ1) is 39.5. The average molecular weight is 686 g/mol. The molecule has 16 atom stereocenters. The summed E-state index contributed by atoms with van der Waals surface area (Å²) in [6.07, 6.45) is -18.9. The maximum absolute atomic E-state index is 13.2. The summed E-state index contributed by atoms with van der Waals surface area (Å²) in [7, 11) is 0. The maximum atomic E-state index is 13.2. The molecule has 21 nitrogen and oxygen atoms in total. The van der Waals surface area contributed by atoms with Crippen LogP contribution in [0.4, 0.5) is 0 Å². The van der Waals surface area contributed by atoms with E-state index >= 15 is 0 Å². The number of nitrogens with one attached hydrogen (secondary N) is 4. The molecule has 2 heterocycles. The number of carbonyl (C=O) groups is 1. The van der Waals surface area contributed by atoms with Crippen molar-refractivity contribution in [3.8, 4) is 0 Å². The van der Waals surface area contributed by atoms with Crippen molar-refractivity contribution in [2.24, 2.45) is 17.2 Å². The minimum atomic E-state index is -2.37. The molecule has 3 aliphatic rings. The number of hydrogen-bond acceptors (Lipinski definition) is 18. The zero-order chi connectivity index (χ0) is 35.2. The van der Waals surface area contributed by atoms with Gasteiger partial charge in [0.25, 0.3) is 5.91 Å². The van der Waals surface area contributed by atoms with Crippen LogP contribution < -0.4 is 33.2 Å². The van der Waals surface area contributed by atoms with Crippen molar-refractivity contribution < 1.29 is 69.7 Å². The normalized spacial score (nSPS) is 42.3. The summed E-state index contributed by atoms with van der Waals surface area (Å²) in [4.78, 5) is 13.2. The molecular weight excluding hydrogens is 634 g/mol. The van der Waals surface area contributed by atoms with Crippen LogP contribution in [0.5, 0.6) is 0 Å². The minimum absolute atomic E-state index is 0.00635. The van der Waals surface area contributed by atoms with E-state index < -0.39 is 116 Å². The lowest BCUT2D eigenvalue weighted by Gasteiger charge is -2.49. The van der Waals surface area contributed by atoms with Crippen molar-refractivity contribution in [2.75, 3.05) is 26.3 Å². The standard InChI is InChI=1S/C26H51N7O14/c1-2-26(43,33-25(29)30)24(42)32-10-6-9(27)20(19(41)21(10)47-22-16(38)13(28)14(36)12(8-35)45-22)46-23-18(40)17(39)15(37)11(44-23)7-31-4-3-5-34/h9-23,31,34-41,43H,2-8,27-28H2,1H3,(H,32,42)(H4,29,30,33)/t9-,10+,11+,12+,13-,14+,15+,16+,17-,18+,19-,20?,21-,22+,23+,26?/m0/s1. The van der Waals surface area contributed by atoms with Crippen molar-refractivity contribution in [3.63, 3.8) is 0 Å². The van der Waals surface area contributed by atoms with Gasteiger partial charge in [-0.1, -0.05) is 6.92 Å². The molecule has 0 aromatic carbocycles. The molecule has 0 spiro atoms. The van der Waals surface area contributed by atoms with E-state index in [9.17, 15) is 45.6 Å². The Morgan fingerprint density at radius 1 is 0.915 bits per heavy atom. The van der Waals surface area contributed by atoms with Gasteiger partial charge >= 0.3 is 0 Å². The third-order valence-electron chi connectivity index (χ3n) is 8.61. The van der Waals surface area contributed by atoms with Gasteiger partial charge in [-0.05, 0) is 19.4 Å². The van der Waals surface area contributed by atoms with Crippen LogP contribution in [-0.2, 0) is 23.7 Å². The quantitative estimate of drug-likeness (QED) is 0.0349. The average Bonchev–Trinajstić information content (AvgIpc) is 3.03. The first-order valence-electron chi connectivity index (χ1n) is 15.4. The molecule has 0 radical (unpaired) electrons. The molecule has 1 aliphatic carbocycles. The molecular formula is C26H51N7O14. The smallest absolute Gasteiger partial charge is 0.273 e. The summed E-state index contributed by atoms with van der Waals surface area (Å²) < 4.78 is 23.0. The van der Waals surface area contributed by atoms with Crippen LogP contribution >= 0.6 is 0 Å². The van der Waals surface area contributed by atoms with Gasteiger partial charge < -0.3 is 98.1 Å². The molecule has 1 amide bonds. The molecule has 21 heteroatoms. The molecule has 0 bridgehead atoms. The fourth-order valence-corrected chi connectivity index (χ4v) is 5.74. The molecule has 3 fully saturated rings. The van der Waals surface area contributed by atoms with Gasteiger partial charge in [-0.15, -0.1) is 0 Å². The third-order valence-corrected chi connectivity index (χ3v) is 8.61. The fraction of sp³-hybridized carbons (Fsp3) is 0.923. The molecule has 274 valence electrons. The van der Waals surface area contributed by atoms with Crippen LogP contribution in [0.1, 0.15) is 26.2 Å². The van der Waals surface area contributed by atoms with E-state index in [4.69, 9.17) is 46.7 Å². The Kier molecular flexibility index (Phi) is 14.4. The van der Waals surface area contributed by atoms with Gasteiger partial charge in [-0.3, -0.25) is 10.2 Å². The van der Waals surface area contributed by atoms with E-state index in [-0.39, 0.29) is 26.0 Å².